The van der Waals surface area contributed by atoms with Gasteiger partial charge in [-0.1, -0.05) is 57.6 Å². The molecular formula is C24H21BrN2O4S. The Hall–Kier alpha value is -2.97. The van der Waals surface area contributed by atoms with Gasteiger partial charge in [-0.05, 0) is 43.7 Å². The largest absolute Gasteiger partial charge is 0.496 e. The van der Waals surface area contributed by atoms with E-state index in [1.807, 2.05) is 54.6 Å². The average molecular weight is 513 g/mol. The summed E-state index contributed by atoms with van der Waals surface area (Å²) in [5, 5.41) is 0. The molecule has 1 aromatic heterocycles. The van der Waals surface area contributed by atoms with Gasteiger partial charge in [-0.25, -0.2) is 9.79 Å². The summed E-state index contributed by atoms with van der Waals surface area (Å²) in [4.78, 5) is 31.6. The van der Waals surface area contributed by atoms with Crippen molar-refractivity contribution in [3.63, 3.8) is 0 Å². The van der Waals surface area contributed by atoms with E-state index in [-0.39, 0.29) is 12.2 Å². The van der Waals surface area contributed by atoms with Crippen molar-refractivity contribution in [2.24, 2.45) is 4.99 Å². The number of hydrogen-bond acceptors (Lipinski definition) is 6. The second-order valence-electron chi connectivity index (χ2n) is 7.10. The average Bonchev–Trinajstić information content (AvgIpc) is 3.07. The summed E-state index contributed by atoms with van der Waals surface area (Å²) in [6.45, 7) is 3.74. The molecule has 1 aliphatic rings. The molecule has 0 N–H and O–H groups in total. The number of benzene rings is 2. The summed E-state index contributed by atoms with van der Waals surface area (Å²) in [7, 11) is 1.57. The predicted molar refractivity (Wildman–Crippen MR) is 128 cm³/mol. The van der Waals surface area contributed by atoms with Gasteiger partial charge in [0.2, 0.25) is 0 Å². The molecule has 0 fully saturated rings. The number of fused-ring (bicyclic) bond motifs is 1. The molecule has 2 heterocycles. The molecule has 0 saturated carbocycles. The van der Waals surface area contributed by atoms with Gasteiger partial charge < -0.3 is 9.47 Å². The van der Waals surface area contributed by atoms with Crippen LogP contribution in [0.4, 0.5) is 0 Å². The fourth-order valence-electron chi connectivity index (χ4n) is 3.73. The predicted octanol–water partition coefficient (Wildman–Crippen LogP) is 3.57. The normalized spacial score (nSPS) is 15.9. The van der Waals surface area contributed by atoms with Crippen molar-refractivity contribution in [1.82, 2.24) is 4.57 Å². The van der Waals surface area contributed by atoms with Crippen LogP contribution in [-0.4, -0.2) is 24.3 Å². The van der Waals surface area contributed by atoms with Gasteiger partial charge in [-0.2, -0.15) is 0 Å². The second kappa shape index (κ2) is 9.26. The van der Waals surface area contributed by atoms with Crippen LogP contribution in [0.2, 0.25) is 0 Å². The lowest BCUT2D eigenvalue weighted by atomic mass is 9.95. The first kappa shape index (κ1) is 22.2. The van der Waals surface area contributed by atoms with Crippen molar-refractivity contribution in [2.45, 2.75) is 19.9 Å². The first-order valence-corrected chi connectivity index (χ1v) is 11.6. The Balaban J connectivity index is 2.00. The number of nitrogens with zero attached hydrogens (tertiary/aromatic N) is 2. The molecule has 8 heteroatoms. The van der Waals surface area contributed by atoms with Crippen LogP contribution in [0.3, 0.4) is 0 Å². The van der Waals surface area contributed by atoms with Crippen LogP contribution >= 0.6 is 27.3 Å². The third-order valence-corrected chi connectivity index (χ3v) is 6.57. The molecular weight excluding hydrogens is 492 g/mol. The van der Waals surface area contributed by atoms with E-state index < -0.39 is 12.0 Å². The number of methoxy groups -OCH3 is 1. The van der Waals surface area contributed by atoms with Crippen LogP contribution in [-0.2, 0) is 9.53 Å². The first-order chi connectivity index (χ1) is 15.4. The Morgan fingerprint density at radius 2 is 2.03 bits per heavy atom. The number of esters is 1. The highest BCUT2D eigenvalue weighted by molar-refractivity contribution is 9.10. The number of thiazole rings is 1. The van der Waals surface area contributed by atoms with Gasteiger partial charge in [0.25, 0.3) is 5.56 Å². The van der Waals surface area contributed by atoms with Crippen LogP contribution in [0, 0.1) is 0 Å². The summed E-state index contributed by atoms with van der Waals surface area (Å²) in [5.41, 5.74) is 2.22. The molecule has 0 bridgehead atoms. The van der Waals surface area contributed by atoms with Crippen LogP contribution in [0.15, 0.2) is 74.1 Å². The quantitative estimate of drug-likeness (QED) is 0.490. The van der Waals surface area contributed by atoms with Gasteiger partial charge in [0.15, 0.2) is 4.80 Å². The van der Waals surface area contributed by atoms with E-state index in [0.29, 0.717) is 31.9 Å². The molecule has 3 aromatic rings. The van der Waals surface area contributed by atoms with Crippen LogP contribution in [0.1, 0.15) is 31.0 Å². The van der Waals surface area contributed by atoms with E-state index in [4.69, 9.17) is 9.47 Å². The molecule has 0 saturated heterocycles. The van der Waals surface area contributed by atoms with E-state index in [9.17, 15) is 9.59 Å². The van der Waals surface area contributed by atoms with Crippen LogP contribution in [0.25, 0.3) is 6.08 Å². The van der Waals surface area contributed by atoms with Gasteiger partial charge in [0.05, 0.1) is 29.5 Å². The van der Waals surface area contributed by atoms with Gasteiger partial charge in [-0.3, -0.25) is 9.36 Å². The minimum absolute atomic E-state index is 0.223. The van der Waals surface area contributed by atoms with E-state index in [1.165, 1.54) is 11.3 Å². The van der Waals surface area contributed by atoms with Crippen LogP contribution in [0.5, 0.6) is 5.75 Å². The second-order valence-corrected chi connectivity index (χ2v) is 9.02. The summed E-state index contributed by atoms with van der Waals surface area (Å²) in [6.07, 6.45) is 1.83. The number of para-hydroxylation sites is 1. The summed E-state index contributed by atoms with van der Waals surface area (Å²) in [5.74, 6) is 0.0847. The highest BCUT2D eigenvalue weighted by Crippen LogP contribution is 2.35. The zero-order chi connectivity index (χ0) is 22.8. The Morgan fingerprint density at radius 1 is 1.25 bits per heavy atom. The Kier molecular flexibility index (Phi) is 6.43. The van der Waals surface area contributed by atoms with Crippen molar-refractivity contribution in [3.8, 4) is 5.75 Å². The topological polar surface area (TPSA) is 69.9 Å². The standard InChI is InChI=1S/C24H21BrN2O4S/c1-4-31-23(29)20-14(2)26-24-27(21(20)17-10-5-6-11-18(17)30-3)22(28)19(32-24)13-15-8-7-9-16(25)12-15/h5-13,21H,4H2,1-3H3/b19-13-/t21-/m0/s1. The zero-order valence-electron chi connectivity index (χ0n) is 17.8. The maximum absolute atomic E-state index is 13.6. The smallest absolute Gasteiger partial charge is 0.338 e. The maximum atomic E-state index is 13.6. The molecule has 4 rings (SSSR count). The number of carbonyl (C=O) groups is 1. The van der Waals surface area contributed by atoms with Gasteiger partial charge in [0.1, 0.15) is 11.8 Å². The van der Waals surface area contributed by atoms with E-state index in [0.717, 1.165) is 10.0 Å². The lowest BCUT2D eigenvalue weighted by Crippen LogP contribution is -2.40. The van der Waals surface area contributed by atoms with Crippen molar-refractivity contribution in [3.05, 3.63) is 95.1 Å². The van der Waals surface area contributed by atoms with Crippen molar-refractivity contribution >= 4 is 39.3 Å². The van der Waals surface area contributed by atoms with Gasteiger partial charge in [-0.15, -0.1) is 0 Å². The SMILES string of the molecule is CCOC(=O)C1=C(C)N=c2s/c(=C\c3cccc(Br)c3)c(=O)n2[C@H]1c1ccccc1OC. The lowest BCUT2D eigenvalue weighted by Gasteiger charge is -2.25. The third kappa shape index (κ3) is 4.08. The fourth-order valence-corrected chi connectivity index (χ4v) is 5.19. The highest BCUT2D eigenvalue weighted by atomic mass is 79.9. The number of rotatable bonds is 5. The fraction of sp³-hybridized carbons (Fsp3) is 0.208. The number of allylic oxidation sites excluding steroid dienone is 1. The molecule has 0 spiro atoms. The summed E-state index contributed by atoms with van der Waals surface area (Å²) < 4.78 is 13.9. The zero-order valence-corrected chi connectivity index (χ0v) is 20.2. The Labute approximate surface area is 197 Å². The minimum atomic E-state index is -0.703. The molecule has 164 valence electrons. The van der Waals surface area contributed by atoms with Gasteiger partial charge in [0, 0.05) is 10.0 Å². The summed E-state index contributed by atoms with van der Waals surface area (Å²) in [6, 6.07) is 14.4. The number of ether oxygens (including phenoxy) is 2. The molecule has 1 aliphatic heterocycles. The number of hydrogen-bond donors (Lipinski definition) is 0. The third-order valence-electron chi connectivity index (χ3n) is 5.10. The van der Waals surface area contributed by atoms with E-state index in [2.05, 4.69) is 20.9 Å². The lowest BCUT2D eigenvalue weighted by molar-refractivity contribution is -0.139. The van der Waals surface area contributed by atoms with Crippen molar-refractivity contribution < 1.29 is 14.3 Å². The van der Waals surface area contributed by atoms with E-state index >= 15 is 0 Å². The molecule has 1 atom stereocenters. The number of aromatic nitrogens is 1. The van der Waals surface area contributed by atoms with E-state index in [1.54, 1.807) is 25.5 Å². The molecule has 2 aromatic carbocycles. The molecule has 0 unspecified atom stereocenters. The van der Waals surface area contributed by atoms with Crippen molar-refractivity contribution in [1.29, 1.82) is 0 Å². The highest BCUT2D eigenvalue weighted by Gasteiger charge is 2.34. The van der Waals surface area contributed by atoms with Crippen LogP contribution < -0.4 is 19.6 Å². The van der Waals surface area contributed by atoms with Gasteiger partial charge >= 0.3 is 5.97 Å². The molecule has 0 radical (unpaired) electrons. The Morgan fingerprint density at radius 3 is 2.75 bits per heavy atom. The monoisotopic (exact) mass is 512 g/mol. The first-order valence-electron chi connectivity index (χ1n) is 10.0. The number of halogens is 1. The Bertz CT molecular complexity index is 1400. The number of carbonyl (C=O) groups excluding carboxylic acids is 1. The molecule has 6 nitrogen and oxygen atoms in total. The molecule has 32 heavy (non-hydrogen) atoms. The van der Waals surface area contributed by atoms with Crippen molar-refractivity contribution in [2.75, 3.05) is 13.7 Å². The minimum Gasteiger partial charge on any atom is -0.496 e. The molecule has 0 amide bonds. The maximum Gasteiger partial charge on any atom is 0.338 e. The summed E-state index contributed by atoms with van der Waals surface area (Å²) >= 11 is 4.75. The molecule has 0 aliphatic carbocycles.